The van der Waals surface area contributed by atoms with Gasteiger partial charge < -0.3 is 20.2 Å². The molecule has 3 rings (SSSR count). The Hall–Kier alpha value is -2.34. The van der Waals surface area contributed by atoms with Gasteiger partial charge in [-0.1, -0.05) is 19.4 Å². The Bertz CT molecular complexity index is 728. The van der Waals surface area contributed by atoms with E-state index in [4.69, 9.17) is 4.42 Å². The van der Waals surface area contributed by atoms with Crippen LogP contribution in [0, 0.1) is 12.3 Å². The van der Waals surface area contributed by atoms with Gasteiger partial charge in [0.15, 0.2) is 0 Å². The van der Waals surface area contributed by atoms with Crippen molar-refractivity contribution in [2.24, 2.45) is 5.41 Å². The van der Waals surface area contributed by atoms with Gasteiger partial charge in [-0.3, -0.25) is 0 Å². The average molecular weight is 329 g/mol. The highest BCUT2D eigenvalue weighted by atomic mass is 16.4. The Labute approximate surface area is 141 Å². The molecule has 1 aromatic carbocycles. The Morgan fingerprint density at radius 1 is 1.50 bits per heavy atom. The van der Waals surface area contributed by atoms with Crippen LogP contribution in [0.2, 0.25) is 0 Å². The number of anilines is 1. The zero-order valence-corrected chi connectivity index (χ0v) is 14.0. The largest absolute Gasteiger partial charge is 0.441 e. The van der Waals surface area contributed by atoms with Gasteiger partial charge in [0, 0.05) is 22.7 Å². The minimum absolute atomic E-state index is 0.0138. The van der Waals surface area contributed by atoms with E-state index in [0.29, 0.717) is 11.6 Å². The summed E-state index contributed by atoms with van der Waals surface area (Å²) in [5, 5.41) is 15.4. The molecule has 1 fully saturated rings. The summed E-state index contributed by atoms with van der Waals surface area (Å²) in [4.78, 5) is 16.5. The number of hydrogen-bond acceptors (Lipinski definition) is 4. The van der Waals surface area contributed by atoms with E-state index in [1.165, 1.54) is 0 Å². The number of benzene rings is 1. The first-order valence-electron chi connectivity index (χ1n) is 8.21. The van der Waals surface area contributed by atoms with E-state index < -0.39 is 0 Å². The van der Waals surface area contributed by atoms with Gasteiger partial charge >= 0.3 is 6.03 Å². The van der Waals surface area contributed by atoms with E-state index in [1.807, 2.05) is 38.1 Å². The van der Waals surface area contributed by atoms with Gasteiger partial charge in [0.25, 0.3) is 0 Å². The molecule has 2 atom stereocenters. The van der Waals surface area contributed by atoms with Crippen molar-refractivity contribution >= 4 is 11.7 Å². The molecule has 6 heteroatoms. The van der Waals surface area contributed by atoms with Crippen molar-refractivity contribution in [1.82, 2.24) is 10.3 Å². The quantitative estimate of drug-likeness (QED) is 0.803. The highest BCUT2D eigenvalue weighted by Crippen LogP contribution is 2.37. The van der Waals surface area contributed by atoms with Crippen molar-refractivity contribution in [3.8, 4) is 11.5 Å². The predicted octanol–water partition coefficient (Wildman–Crippen LogP) is 3.32. The first-order chi connectivity index (χ1) is 11.5. The van der Waals surface area contributed by atoms with Crippen molar-refractivity contribution in [3.05, 3.63) is 36.2 Å². The van der Waals surface area contributed by atoms with Crippen LogP contribution in [0.4, 0.5) is 10.5 Å². The van der Waals surface area contributed by atoms with Gasteiger partial charge in [-0.05, 0) is 38.0 Å². The number of oxazole rings is 1. The van der Waals surface area contributed by atoms with Crippen molar-refractivity contribution < 1.29 is 14.3 Å². The molecule has 1 aliphatic carbocycles. The Balaban J connectivity index is 1.67. The van der Waals surface area contributed by atoms with E-state index in [2.05, 4.69) is 15.6 Å². The molecular weight excluding hydrogens is 306 g/mol. The van der Waals surface area contributed by atoms with E-state index in [0.717, 1.165) is 30.6 Å². The minimum atomic E-state index is -0.262. The second kappa shape index (κ2) is 6.65. The molecule has 1 aromatic heterocycles. The van der Waals surface area contributed by atoms with Gasteiger partial charge in [-0.15, -0.1) is 0 Å². The number of aliphatic hydroxyl groups is 1. The van der Waals surface area contributed by atoms with Crippen LogP contribution in [-0.2, 0) is 0 Å². The number of aliphatic hydroxyl groups excluding tert-OH is 1. The zero-order chi connectivity index (χ0) is 17.2. The first kappa shape index (κ1) is 16.5. The van der Waals surface area contributed by atoms with E-state index in [1.54, 1.807) is 6.20 Å². The van der Waals surface area contributed by atoms with E-state index in [9.17, 15) is 9.90 Å². The van der Waals surface area contributed by atoms with Crippen molar-refractivity contribution in [3.63, 3.8) is 0 Å². The van der Waals surface area contributed by atoms with Crippen LogP contribution in [-0.4, -0.2) is 28.8 Å². The fraction of sp³-hybridized carbons (Fsp3) is 0.444. The lowest BCUT2D eigenvalue weighted by Crippen LogP contribution is -2.46. The smallest absolute Gasteiger partial charge is 0.319 e. The molecule has 0 spiro atoms. The van der Waals surface area contributed by atoms with E-state index in [-0.39, 0.29) is 24.1 Å². The number of nitrogens with zero attached hydrogens (tertiary/aromatic N) is 1. The lowest BCUT2D eigenvalue weighted by atomic mass is 9.86. The summed E-state index contributed by atoms with van der Waals surface area (Å²) < 4.78 is 5.51. The predicted molar refractivity (Wildman–Crippen MR) is 91.7 cm³/mol. The molecule has 2 unspecified atom stereocenters. The maximum absolute atomic E-state index is 12.3. The summed E-state index contributed by atoms with van der Waals surface area (Å²) in [7, 11) is 0. The van der Waals surface area contributed by atoms with Crippen molar-refractivity contribution in [2.45, 2.75) is 39.2 Å². The van der Waals surface area contributed by atoms with Crippen LogP contribution < -0.4 is 10.6 Å². The molecule has 6 nitrogen and oxygen atoms in total. The Morgan fingerprint density at radius 3 is 3.04 bits per heavy atom. The van der Waals surface area contributed by atoms with Crippen LogP contribution in [0.3, 0.4) is 0 Å². The molecular formula is C18H23N3O3. The third-order valence-corrected chi connectivity index (χ3v) is 4.74. The average Bonchev–Trinajstić information content (AvgIpc) is 3.15. The number of nitrogens with one attached hydrogen (secondary N) is 2. The highest BCUT2D eigenvalue weighted by molar-refractivity contribution is 5.90. The number of rotatable bonds is 4. The van der Waals surface area contributed by atoms with Crippen LogP contribution in [0.25, 0.3) is 11.5 Å². The molecule has 2 aromatic rings. The number of carbonyl (C=O) groups is 1. The molecule has 128 valence electrons. The standard InChI is InChI=1S/C18H23N3O3/c1-12-10-19-16(24-12)13-5-3-6-14(9-13)20-17(23)21-15-7-4-8-18(15,2)11-22/h3,5-6,9-10,15,22H,4,7-8,11H2,1-2H3,(H2,20,21,23). The molecule has 3 N–H and O–H groups in total. The summed E-state index contributed by atoms with van der Waals surface area (Å²) in [6, 6.07) is 7.10. The lowest BCUT2D eigenvalue weighted by Gasteiger charge is -2.30. The Morgan fingerprint density at radius 2 is 2.33 bits per heavy atom. The van der Waals surface area contributed by atoms with Gasteiger partial charge in [0.1, 0.15) is 5.76 Å². The number of carbonyl (C=O) groups excluding carboxylic acids is 1. The molecule has 2 amide bonds. The number of aromatic nitrogens is 1. The number of hydrogen-bond donors (Lipinski definition) is 3. The summed E-state index contributed by atoms with van der Waals surface area (Å²) in [6.45, 7) is 3.93. The third-order valence-electron chi connectivity index (χ3n) is 4.74. The molecule has 0 saturated heterocycles. The Kier molecular flexibility index (Phi) is 4.57. The molecule has 0 bridgehead atoms. The van der Waals surface area contributed by atoms with Crippen LogP contribution >= 0.6 is 0 Å². The summed E-state index contributed by atoms with van der Waals surface area (Å²) in [6.07, 6.45) is 4.49. The SMILES string of the molecule is Cc1cnc(-c2cccc(NC(=O)NC3CCCC3(C)CO)c2)o1. The van der Waals surface area contributed by atoms with Crippen molar-refractivity contribution in [1.29, 1.82) is 0 Å². The summed E-state index contributed by atoms with van der Waals surface area (Å²) >= 11 is 0. The van der Waals surface area contributed by atoms with Gasteiger partial charge in [-0.25, -0.2) is 9.78 Å². The van der Waals surface area contributed by atoms with Crippen LogP contribution in [0.5, 0.6) is 0 Å². The number of urea groups is 1. The maximum Gasteiger partial charge on any atom is 0.319 e. The molecule has 0 radical (unpaired) electrons. The number of aryl methyl sites for hydroxylation is 1. The highest BCUT2D eigenvalue weighted by Gasteiger charge is 2.39. The maximum atomic E-state index is 12.3. The first-order valence-corrected chi connectivity index (χ1v) is 8.21. The number of amides is 2. The second-order valence-electron chi connectivity index (χ2n) is 6.71. The third kappa shape index (κ3) is 3.43. The minimum Gasteiger partial charge on any atom is -0.441 e. The molecule has 1 aliphatic rings. The van der Waals surface area contributed by atoms with Gasteiger partial charge in [0.2, 0.25) is 5.89 Å². The van der Waals surface area contributed by atoms with Gasteiger partial charge in [-0.2, -0.15) is 0 Å². The fourth-order valence-electron chi connectivity index (χ4n) is 3.21. The monoisotopic (exact) mass is 329 g/mol. The molecule has 1 heterocycles. The summed E-state index contributed by atoms with van der Waals surface area (Å²) in [5.74, 6) is 1.27. The normalized spacial score (nSPS) is 23.2. The topological polar surface area (TPSA) is 87.4 Å². The summed E-state index contributed by atoms with van der Waals surface area (Å²) in [5.41, 5.74) is 1.24. The second-order valence-corrected chi connectivity index (χ2v) is 6.71. The van der Waals surface area contributed by atoms with E-state index >= 15 is 0 Å². The fourth-order valence-corrected chi connectivity index (χ4v) is 3.21. The zero-order valence-electron chi connectivity index (χ0n) is 14.0. The molecule has 0 aliphatic heterocycles. The molecule has 1 saturated carbocycles. The van der Waals surface area contributed by atoms with Crippen LogP contribution in [0.15, 0.2) is 34.9 Å². The lowest BCUT2D eigenvalue weighted by molar-refractivity contribution is 0.122. The molecule has 24 heavy (non-hydrogen) atoms. The van der Waals surface area contributed by atoms with Crippen molar-refractivity contribution in [2.75, 3.05) is 11.9 Å². The van der Waals surface area contributed by atoms with Gasteiger partial charge in [0.05, 0.1) is 12.8 Å². The van der Waals surface area contributed by atoms with Crippen LogP contribution in [0.1, 0.15) is 31.9 Å².